The van der Waals surface area contributed by atoms with Crippen LogP contribution in [0.5, 0.6) is 0 Å². The number of carboxylic acids is 1. The highest BCUT2D eigenvalue weighted by Gasteiger charge is 2.06. The van der Waals surface area contributed by atoms with E-state index in [1.165, 1.54) is 0 Å². The van der Waals surface area contributed by atoms with Crippen LogP contribution in [-0.2, 0) is 4.79 Å². The molecule has 0 heterocycles. The van der Waals surface area contributed by atoms with Gasteiger partial charge in [-0.1, -0.05) is 6.07 Å². The van der Waals surface area contributed by atoms with Gasteiger partial charge in [0.25, 0.3) is 0 Å². The van der Waals surface area contributed by atoms with Crippen molar-refractivity contribution in [3.63, 3.8) is 0 Å². The Labute approximate surface area is 122 Å². The van der Waals surface area contributed by atoms with Gasteiger partial charge in [-0.2, -0.15) is 0 Å². The molecule has 0 radical (unpaired) electrons. The molecule has 0 atom stereocenters. The molecule has 0 aliphatic carbocycles. The summed E-state index contributed by atoms with van der Waals surface area (Å²) < 4.78 is 0.960. The molecule has 1 rings (SSSR count). The number of carbonyl (C=O) groups is 1. The first kappa shape index (κ1) is 15.7. The first-order chi connectivity index (χ1) is 8.90. The maximum absolute atomic E-state index is 10.5. The Morgan fingerprint density at radius 1 is 1.32 bits per heavy atom. The number of aliphatic carboxylic acids is 1. The molecule has 0 aromatic heterocycles. The number of hydrogen-bond donors (Lipinski definition) is 1. The van der Waals surface area contributed by atoms with Gasteiger partial charge in [0.2, 0.25) is 0 Å². The fourth-order valence-electron chi connectivity index (χ4n) is 1.57. The minimum Gasteiger partial charge on any atom is -0.478 e. The van der Waals surface area contributed by atoms with Gasteiger partial charge < -0.3 is 14.9 Å². The van der Waals surface area contributed by atoms with Crippen LogP contribution >= 0.6 is 15.9 Å². The molecule has 1 N–H and O–H groups in total. The van der Waals surface area contributed by atoms with Crippen molar-refractivity contribution in [3.05, 3.63) is 34.3 Å². The monoisotopic (exact) mass is 326 g/mol. The molecule has 0 aliphatic heterocycles. The fraction of sp³-hybridized carbons (Fsp3) is 0.357. The predicted octanol–water partition coefficient (Wildman–Crippen LogP) is 2.54. The zero-order valence-corrected chi connectivity index (χ0v) is 13.0. The largest absolute Gasteiger partial charge is 0.478 e. The quantitative estimate of drug-likeness (QED) is 0.816. The van der Waals surface area contributed by atoms with Crippen molar-refractivity contribution in [3.8, 4) is 0 Å². The van der Waals surface area contributed by atoms with E-state index < -0.39 is 5.97 Å². The maximum atomic E-state index is 10.5. The van der Waals surface area contributed by atoms with Gasteiger partial charge in [0, 0.05) is 30.7 Å². The van der Waals surface area contributed by atoms with Crippen LogP contribution in [0.2, 0.25) is 0 Å². The Balaban J connectivity index is 2.79. The summed E-state index contributed by atoms with van der Waals surface area (Å²) in [6, 6.07) is 5.81. The van der Waals surface area contributed by atoms with Crippen molar-refractivity contribution in [2.45, 2.75) is 0 Å². The van der Waals surface area contributed by atoms with E-state index in [0.29, 0.717) is 0 Å². The molecule has 19 heavy (non-hydrogen) atoms. The SMILES string of the molecule is CN(C)CCN(C)c1ccc(/C=C/C(=O)O)cc1Br. The second kappa shape index (κ2) is 7.31. The molecule has 0 aliphatic rings. The summed E-state index contributed by atoms with van der Waals surface area (Å²) in [5, 5.41) is 8.60. The Hall–Kier alpha value is -1.33. The lowest BCUT2D eigenvalue weighted by molar-refractivity contribution is -0.131. The van der Waals surface area contributed by atoms with E-state index in [2.05, 4.69) is 25.7 Å². The molecular weight excluding hydrogens is 308 g/mol. The van der Waals surface area contributed by atoms with Gasteiger partial charge in [-0.05, 0) is 53.8 Å². The fourth-order valence-corrected chi connectivity index (χ4v) is 2.27. The van der Waals surface area contributed by atoms with Crippen LogP contribution in [0.4, 0.5) is 5.69 Å². The summed E-state index contributed by atoms with van der Waals surface area (Å²) >= 11 is 3.53. The molecule has 0 saturated heterocycles. The van der Waals surface area contributed by atoms with Gasteiger partial charge in [-0.15, -0.1) is 0 Å². The van der Waals surface area contributed by atoms with Gasteiger partial charge >= 0.3 is 5.97 Å². The van der Waals surface area contributed by atoms with E-state index in [4.69, 9.17) is 5.11 Å². The van der Waals surface area contributed by atoms with Crippen LogP contribution in [0.15, 0.2) is 28.7 Å². The Kier molecular flexibility index (Phi) is 6.05. The molecule has 0 unspecified atom stereocenters. The van der Waals surface area contributed by atoms with Crippen molar-refractivity contribution in [1.82, 2.24) is 4.90 Å². The van der Waals surface area contributed by atoms with Crippen molar-refractivity contribution < 1.29 is 9.90 Å². The van der Waals surface area contributed by atoms with E-state index in [1.54, 1.807) is 6.08 Å². The van der Waals surface area contributed by atoms with Crippen LogP contribution in [0, 0.1) is 0 Å². The summed E-state index contributed by atoms with van der Waals surface area (Å²) in [4.78, 5) is 14.8. The Bertz CT molecular complexity index is 473. The molecule has 0 amide bonds. The summed E-state index contributed by atoms with van der Waals surface area (Å²) in [5.41, 5.74) is 1.95. The number of hydrogen-bond acceptors (Lipinski definition) is 3. The molecule has 4 nitrogen and oxygen atoms in total. The summed E-state index contributed by atoms with van der Waals surface area (Å²) in [6.45, 7) is 1.90. The second-order valence-corrected chi connectivity index (χ2v) is 5.46. The standard InChI is InChI=1S/C14H19BrN2O2/c1-16(2)8-9-17(3)13-6-4-11(10-12(13)15)5-7-14(18)19/h4-7,10H,8-9H2,1-3H3,(H,18,19)/b7-5+. The predicted molar refractivity (Wildman–Crippen MR) is 82.6 cm³/mol. The van der Waals surface area contributed by atoms with Gasteiger partial charge in [0.15, 0.2) is 0 Å². The third-order valence-corrected chi connectivity index (χ3v) is 3.32. The van der Waals surface area contributed by atoms with Crippen molar-refractivity contribution in [1.29, 1.82) is 0 Å². The van der Waals surface area contributed by atoms with Crippen molar-refractivity contribution >= 4 is 33.7 Å². The van der Waals surface area contributed by atoms with Gasteiger partial charge in [-0.3, -0.25) is 0 Å². The molecule has 0 spiro atoms. The minimum atomic E-state index is -0.941. The Morgan fingerprint density at radius 2 is 2.00 bits per heavy atom. The number of benzene rings is 1. The average Bonchev–Trinajstić information content (AvgIpc) is 2.33. The zero-order chi connectivity index (χ0) is 14.4. The van der Waals surface area contributed by atoms with Crippen molar-refractivity contribution in [2.75, 3.05) is 39.1 Å². The average molecular weight is 327 g/mol. The smallest absolute Gasteiger partial charge is 0.328 e. The summed E-state index contributed by atoms with van der Waals surface area (Å²) in [5.74, 6) is -0.941. The lowest BCUT2D eigenvalue weighted by Gasteiger charge is -2.23. The second-order valence-electron chi connectivity index (χ2n) is 4.61. The minimum absolute atomic E-state index is 0.860. The highest BCUT2D eigenvalue weighted by molar-refractivity contribution is 9.10. The molecule has 0 bridgehead atoms. The molecule has 0 fully saturated rings. The summed E-state index contributed by atoms with van der Waals surface area (Å²) in [7, 11) is 6.13. The maximum Gasteiger partial charge on any atom is 0.328 e. The number of nitrogens with zero attached hydrogens (tertiary/aromatic N) is 2. The first-order valence-corrected chi connectivity index (χ1v) is 6.76. The van der Waals surface area contributed by atoms with Gasteiger partial charge in [0.1, 0.15) is 0 Å². The van der Waals surface area contributed by atoms with E-state index in [0.717, 1.165) is 34.9 Å². The highest BCUT2D eigenvalue weighted by atomic mass is 79.9. The highest BCUT2D eigenvalue weighted by Crippen LogP contribution is 2.27. The molecular formula is C14H19BrN2O2. The van der Waals surface area contributed by atoms with Crippen LogP contribution in [-0.4, -0.2) is 50.2 Å². The number of rotatable bonds is 6. The lowest BCUT2D eigenvalue weighted by atomic mass is 10.2. The molecule has 1 aromatic carbocycles. The van der Waals surface area contributed by atoms with Crippen molar-refractivity contribution in [2.24, 2.45) is 0 Å². The zero-order valence-electron chi connectivity index (χ0n) is 11.4. The van der Waals surface area contributed by atoms with Crippen LogP contribution in [0.25, 0.3) is 6.08 Å². The third-order valence-electron chi connectivity index (χ3n) is 2.68. The number of likely N-dealkylation sites (N-methyl/N-ethyl adjacent to an activating group) is 2. The van der Waals surface area contributed by atoms with E-state index in [-0.39, 0.29) is 0 Å². The van der Waals surface area contributed by atoms with Gasteiger partial charge in [0.05, 0.1) is 5.69 Å². The van der Waals surface area contributed by atoms with Crippen LogP contribution in [0.1, 0.15) is 5.56 Å². The summed E-state index contributed by atoms with van der Waals surface area (Å²) in [6.07, 6.45) is 2.72. The molecule has 0 saturated carbocycles. The van der Waals surface area contributed by atoms with Gasteiger partial charge in [-0.25, -0.2) is 4.79 Å². The number of halogens is 1. The number of carboxylic acid groups (broad SMARTS) is 1. The topological polar surface area (TPSA) is 43.8 Å². The lowest BCUT2D eigenvalue weighted by Crippen LogP contribution is -2.28. The molecule has 1 aromatic rings. The van der Waals surface area contributed by atoms with E-state index in [1.807, 2.05) is 39.3 Å². The normalized spacial score (nSPS) is 11.2. The first-order valence-electron chi connectivity index (χ1n) is 5.96. The molecule has 104 valence electrons. The molecule has 5 heteroatoms. The van der Waals surface area contributed by atoms with E-state index in [9.17, 15) is 4.79 Å². The number of anilines is 1. The van der Waals surface area contributed by atoms with Crippen LogP contribution < -0.4 is 4.90 Å². The van der Waals surface area contributed by atoms with Crippen LogP contribution in [0.3, 0.4) is 0 Å². The third kappa shape index (κ3) is 5.44. The van der Waals surface area contributed by atoms with E-state index >= 15 is 0 Å². The Morgan fingerprint density at radius 3 is 2.53 bits per heavy atom.